The summed E-state index contributed by atoms with van der Waals surface area (Å²) in [4.78, 5) is 57.8. The zero-order valence-corrected chi connectivity index (χ0v) is 72.2. The minimum atomic E-state index is -4.40. The normalized spacial score (nSPS) is 35.7. The Balaban J connectivity index is 0.000000238. The molecule has 0 spiro atoms. The van der Waals surface area contributed by atoms with E-state index in [1.54, 1.807) is 18.6 Å². The maximum Gasteiger partial charge on any atom is 0.451 e. The summed E-state index contributed by atoms with van der Waals surface area (Å²) in [6.45, 7) is 4.60. The van der Waals surface area contributed by atoms with E-state index in [9.17, 15) is 100 Å². The van der Waals surface area contributed by atoms with Gasteiger partial charge in [0.25, 0.3) is 57.0 Å². The van der Waals surface area contributed by atoms with Crippen molar-refractivity contribution >= 4 is 116 Å². The van der Waals surface area contributed by atoms with Crippen molar-refractivity contribution in [1.82, 2.24) is 45.1 Å². The van der Waals surface area contributed by atoms with E-state index >= 15 is 0 Å². The van der Waals surface area contributed by atoms with E-state index in [0.29, 0.717) is 42.8 Å². The van der Waals surface area contributed by atoms with Gasteiger partial charge in [0.1, 0.15) is 33.7 Å². The van der Waals surface area contributed by atoms with Crippen LogP contribution in [0.25, 0.3) is 0 Å². The molecule has 704 valence electrons. The number of rotatable bonds is 40. The Morgan fingerprint density at radius 2 is 0.642 bits per heavy atom. The smallest absolute Gasteiger partial charge is 0.451 e. The SMILES string of the molecule is CC1(C)[C@@H](N)[C@@H]1NS(=O)(=O)N1C[C@H](CCCB(O)O)[C@](N)(C(=O)O)C1.C[C@@]1(N)C[C@H]1NS(=O)(=O)N1C[C@H](CCCB(O)O)[C@](N)(C(=O)O)C1.C[C@@]1(NS(=O)(=O)N2C[C@H](CCCB(O)O)[C@](N)(C(=O)O)C2)C[C@H]1N.N#CC1[C@@H](N)[C@@H]1NS(=O)(=O)N1C[C@H](CCCB(O)O)[C@](N)(C(=O)O)C1.N[C@H]1[C@H](NS(=O)(=O)N2C[C@H](CCCB(O)O)[C@](N)(C(=O)O)C2)C1(F)F. The molecule has 0 amide bonds. The molecule has 123 heavy (non-hydrogen) atoms. The first-order valence-electron chi connectivity index (χ1n) is 39.4. The number of nitrogens with two attached hydrogens (primary N) is 10. The Labute approximate surface area is 713 Å². The molecular formula is C60H120B5F2N21O30S5. The van der Waals surface area contributed by atoms with Gasteiger partial charge in [0.15, 0.2) is 0 Å². The largest absolute Gasteiger partial charge is 0.480 e. The molecule has 1 unspecified atom stereocenters. The van der Waals surface area contributed by atoms with Crippen molar-refractivity contribution in [2.75, 3.05) is 65.4 Å². The van der Waals surface area contributed by atoms with Gasteiger partial charge >= 0.3 is 65.4 Å². The lowest BCUT2D eigenvalue weighted by Crippen LogP contribution is -2.56. The van der Waals surface area contributed by atoms with Gasteiger partial charge in [-0.1, -0.05) is 46.0 Å². The Kier molecular flexibility index (Phi) is 35.0. The van der Waals surface area contributed by atoms with Crippen LogP contribution in [0.2, 0.25) is 31.6 Å². The average Bonchev–Trinajstić information content (AvgIpc) is 1.58. The lowest BCUT2D eigenvalue weighted by molar-refractivity contribution is -0.145. The highest BCUT2D eigenvalue weighted by Crippen LogP contribution is 2.46. The highest BCUT2D eigenvalue weighted by atomic mass is 32.2. The van der Waals surface area contributed by atoms with Crippen molar-refractivity contribution < 1.29 is 151 Å². The second-order valence-electron chi connectivity index (χ2n) is 35.1. The molecule has 10 aliphatic rings. The van der Waals surface area contributed by atoms with E-state index in [-0.39, 0.29) is 146 Å². The van der Waals surface area contributed by atoms with Crippen molar-refractivity contribution in [3.8, 4) is 6.07 Å². The van der Waals surface area contributed by atoms with E-state index < -0.39 is 240 Å². The lowest BCUT2D eigenvalue weighted by atomic mass is 9.78. The van der Waals surface area contributed by atoms with Crippen LogP contribution >= 0.6 is 0 Å². The Morgan fingerprint density at radius 1 is 0.415 bits per heavy atom. The van der Waals surface area contributed by atoms with Crippen molar-refractivity contribution in [2.45, 2.75) is 229 Å². The van der Waals surface area contributed by atoms with E-state index in [1.165, 1.54) is 0 Å². The predicted molar refractivity (Wildman–Crippen MR) is 435 cm³/mol. The molecule has 21 atom stereocenters. The van der Waals surface area contributed by atoms with Gasteiger partial charge in [-0.25, -0.2) is 8.78 Å². The molecule has 0 bridgehead atoms. The number of nitrogens with zero attached hydrogens (tertiary/aromatic N) is 6. The van der Waals surface area contributed by atoms with Crippen LogP contribution in [-0.2, 0) is 75.0 Å². The molecule has 40 N–H and O–H groups in total. The summed E-state index contributed by atoms with van der Waals surface area (Å²) < 4.78 is 167. The molecule has 0 radical (unpaired) electrons. The third kappa shape index (κ3) is 26.3. The number of carboxylic acid groups (broad SMARTS) is 5. The number of carboxylic acids is 5. The van der Waals surface area contributed by atoms with Crippen molar-refractivity contribution in [3.63, 3.8) is 0 Å². The molecule has 10 fully saturated rings. The van der Waals surface area contributed by atoms with E-state index in [0.717, 1.165) is 17.2 Å². The van der Waals surface area contributed by atoms with Gasteiger partial charge in [0, 0.05) is 136 Å². The zero-order chi connectivity index (χ0) is 94.1. The standard InChI is InChI=1S/C13H27BN4O6S.C12H22BN5O6S.2C12H25BN4O6S.C11H21BF2N4O6S/c1-12(2)9(15)10(12)17-25(23,24)18-6-8(4-3-5-14(21)22)13(16,7-18)11(19)20;14-4-8-9(15)10(8)17-25(23,24)18-5-7(2-1-3-13(21)22)12(16,6-18)11(19)20;1-11(14)5-9(11)16-24(22,23)17-6-8(3-2-4-13(20)21)12(15,7-17)10(18)19;1-11(5-9(11)14)16-24(22,23)17-6-8(3-2-4-13(20)21)12(15,7-17)10(18)19;13-11(14)7(15)8(11)17-25(23,24)18-4-6(2-1-3-12(21)22)10(16,5-18)9(19)20/h8-10,17,21-22H,3-7,15-16H2,1-2H3,(H,19,20);7-10,17,21-22H,1-3,5-6,15-16H2,(H,19,20);2*8-9,16,20-21H,2-7,14-15H2,1H3,(H,18,19);6-8,17,21-22H,1-5,15-16H2,(H,19,20)/t8-,9-,10-,13-;7-,8?,9+,10+,12-;2*8-,9+,11+,12-;6-,7-,8-,10-/m00000/s1. The second-order valence-corrected chi connectivity index (χ2v) is 43.6. The van der Waals surface area contributed by atoms with Crippen molar-refractivity contribution in [3.05, 3.63) is 0 Å². The van der Waals surface area contributed by atoms with Gasteiger partial charge in [0.05, 0.1) is 24.1 Å². The molecule has 5 saturated carbocycles. The van der Waals surface area contributed by atoms with Crippen molar-refractivity contribution in [2.24, 2.45) is 98.3 Å². The predicted octanol–water partition coefficient (Wildman–Crippen LogP) is -14.2. The molecule has 5 saturated heterocycles. The fraction of sp³-hybridized carbons (Fsp3) is 0.900. The summed E-state index contributed by atoms with van der Waals surface area (Å²) in [5, 5.41) is 145. The summed E-state index contributed by atoms with van der Waals surface area (Å²) in [5.74, 6) is -13.9. The molecule has 5 aliphatic heterocycles. The maximum absolute atomic E-state index is 13.2. The van der Waals surface area contributed by atoms with Gasteiger partial charge < -0.3 is 133 Å². The summed E-state index contributed by atoms with van der Waals surface area (Å²) in [6.07, 6.45) is 3.97. The van der Waals surface area contributed by atoms with Gasteiger partial charge in [-0.05, 0) is 95.8 Å². The second kappa shape index (κ2) is 40.1. The van der Waals surface area contributed by atoms with E-state index in [4.69, 9.17) is 113 Å². The van der Waals surface area contributed by atoms with E-state index in [1.807, 2.05) is 19.9 Å². The molecule has 0 aromatic rings. The molecule has 0 aromatic heterocycles. The van der Waals surface area contributed by atoms with Crippen molar-refractivity contribution in [1.29, 1.82) is 5.26 Å². The number of nitrogens with one attached hydrogen (secondary N) is 5. The molecule has 63 heteroatoms. The van der Waals surface area contributed by atoms with Crippen LogP contribution in [0.15, 0.2) is 0 Å². The molecule has 51 nitrogen and oxygen atoms in total. The Bertz CT molecular complexity index is 4290. The number of alkyl halides is 2. The third-order valence-electron chi connectivity index (χ3n) is 25.0. The minimum absolute atomic E-state index is 0.0274. The molecule has 5 heterocycles. The van der Waals surface area contributed by atoms with Gasteiger partial charge in [-0.2, -0.15) is 92.5 Å². The summed E-state index contributed by atoms with van der Waals surface area (Å²) in [6, 6.07) is -4.10. The van der Waals surface area contributed by atoms with Crippen LogP contribution in [0.1, 0.15) is 105 Å². The number of aliphatic carboxylic acids is 5. The molecule has 0 aromatic carbocycles. The Hall–Kier alpha value is -4.43. The molecule has 5 aliphatic carbocycles. The minimum Gasteiger partial charge on any atom is -0.480 e. The summed E-state index contributed by atoms with van der Waals surface area (Å²) in [7, 11) is -27.7. The van der Waals surface area contributed by atoms with E-state index in [2.05, 4.69) is 18.9 Å². The van der Waals surface area contributed by atoms with Gasteiger partial charge in [0.2, 0.25) is 0 Å². The lowest BCUT2D eigenvalue weighted by Gasteiger charge is -2.25. The number of hydrogen-bond donors (Lipinski definition) is 30. The first-order chi connectivity index (χ1) is 56.0. The molecule has 10 rings (SSSR count). The van der Waals surface area contributed by atoms with Crippen LogP contribution in [-0.4, -0.2) is 363 Å². The average molecular weight is 1870 g/mol. The topological polar surface area (TPSA) is 920 Å². The van der Waals surface area contributed by atoms with Crippen LogP contribution in [0.4, 0.5) is 8.78 Å². The van der Waals surface area contributed by atoms with Crippen LogP contribution in [0, 0.1) is 52.3 Å². The highest BCUT2D eigenvalue weighted by molar-refractivity contribution is 7.88. The van der Waals surface area contributed by atoms with Gasteiger partial charge in [-0.3, -0.25) is 24.0 Å². The van der Waals surface area contributed by atoms with Crippen LogP contribution < -0.4 is 80.9 Å². The quantitative estimate of drug-likeness (QED) is 0.0253. The van der Waals surface area contributed by atoms with Crippen LogP contribution in [0.3, 0.4) is 0 Å². The number of halogens is 2. The third-order valence-corrected chi connectivity index (χ3v) is 32.8. The van der Waals surface area contributed by atoms with Gasteiger partial charge in [-0.15, -0.1) is 0 Å². The molecular weight excluding hydrogens is 1750 g/mol. The maximum atomic E-state index is 13.2. The Morgan fingerprint density at radius 3 is 0.837 bits per heavy atom. The number of hydrogen-bond acceptors (Lipinski definition) is 36. The first kappa shape index (κ1) is 107. The summed E-state index contributed by atoms with van der Waals surface area (Å²) in [5.41, 5.74) is 47.4. The number of nitriles is 1. The fourth-order valence-electron chi connectivity index (χ4n) is 15.5. The highest BCUT2D eigenvalue weighted by Gasteiger charge is 2.69. The fourth-order valence-corrected chi connectivity index (χ4v) is 23.6. The monoisotopic (exact) mass is 1870 g/mol. The first-order valence-corrected chi connectivity index (χ1v) is 46.6. The zero-order valence-electron chi connectivity index (χ0n) is 68.1. The van der Waals surface area contributed by atoms with Crippen LogP contribution in [0.5, 0.6) is 0 Å². The number of carbonyl (C=O) groups is 5. The summed E-state index contributed by atoms with van der Waals surface area (Å²) >= 11 is 0.